The largest absolute Gasteiger partial charge is 0.550 e. The Balaban J connectivity index is 2.62. The Bertz CT molecular complexity index is 297. The van der Waals surface area contributed by atoms with E-state index in [1.807, 2.05) is 0 Å². The van der Waals surface area contributed by atoms with Gasteiger partial charge in [0, 0.05) is 5.97 Å². The number of nitrogens with zero attached hydrogens (tertiary/aromatic N) is 1. The molecule has 1 aromatic heterocycles. The first-order valence-electron chi connectivity index (χ1n) is 3.23. The van der Waals surface area contributed by atoms with Gasteiger partial charge in [0.15, 0.2) is 0 Å². The fraction of sp³-hybridized carbons (Fsp3) is 0.333. The summed E-state index contributed by atoms with van der Waals surface area (Å²) in [5.74, 6) is -1.77. The van der Waals surface area contributed by atoms with E-state index in [-0.39, 0.29) is 18.5 Å². The number of aliphatic carboxylic acids is 1. The number of hydrogen-bond donors (Lipinski definition) is 2. The van der Waals surface area contributed by atoms with Gasteiger partial charge in [-0.3, -0.25) is 0 Å². The van der Waals surface area contributed by atoms with Gasteiger partial charge in [0.2, 0.25) is 5.88 Å². The molecule has 0 saturated carbocycles. The summed E-state index contributed by atoms with van der Waals surface area (Å²) >= 11 is 0. The van der Waals surface area contributed by atoms with Gasteiger partial charge in [-0.1, -0.05) is 0 Å². The van der Waals surface area contributed by atoms with Gasteiger partial charge in [0.05, 0.1) is 5.69 Å². The van der Waals surface area contributed by atoms with Crippen molar-refractivity contribution in [2.45, 2.75) is 12.8 Å². The minimum atomic E-state index is -1.26. The molecule has 12 heavy (non-hydrogen) atoms. The summed E-state index contributed by atoms with van der Waals surface area (Å²) in [5.41, 5.74) is 0.0664. The molecule has 0 fully saturated rings. The lowest BCUT2D eigenvalue weighted by atomic mass is 10.2. The van der Waals surface area contributed by atoms with Crippen molar-refractivity contribution in [2.75, 3.05) is 0 Å². The molecule has 0 amide bonds. The third-order valence-electron chi connectivity index (χ3n) is 1.31. The molecule has 0 unspecified atom stereocenters. The maximum Gasteiger partial charge on any atom is 0.290 e. The van der Waals surface area contributed by atoms with Crippen molar-refractivity contribution in [1.29, 1.82) is 0 Å². The molecule has 0 radical (unpaired) electrons. The summed E-state index contributed by atoms with van der Waals surface area (Å²) in [4.78, 5) is 15.1. The van der Waals surface area contributed by atoms with Crippen LogP contribution in [0.15, 0.2) is 0 Å². The van der Waals surface area contributed by atoms with Crippen molar-refractivity contribution in [2.24, 2.45) is 0 Å². The Morgan fingerprint density at radius 2 is 2.42 bits per heavy atom. The molecule has 0 saturated heterocycles. The van der Waals surface area contributed by atoms with E-state index in [9.17, 15) is 14.3 Å². The number of halogens is 1. The van der Waals surface area contributed by atoms with E-state index < -0.39 is 17.9 Å². The molecule has 0 aliphatic carbocycles. The number of nitrogens with one attached hydrogen (secondary N) is 1. The molecule has 0 aromatic carbocycles. The number of aromatic amines is 1. The Hall–Kier alpha value is -1.59. The normalized spacial score (nSPS) is 10.1. The molecule has 0 aliphatic heterocycles. The number of H-pyrrole nitrogens is 1. The fourth-order valence-corrected chi connectivity index (χ4v) is 0.770. The van der Waals surface area contributed by atoms with E-state index in [2.05, 4.69) is 9.97 Å². The van der Waals surface area contributed by atoms with Crippen molar-refractivity contribution in [1.82, 2.24) is 9.97 Å². The molecule has 1 rings (SSSR count). The van der Waals surface area contributed by atoms with Gasteiger partial charge in [0.25, 0.3) is 6.08 Å². The number of carbonyl (C=O) groups is 1. The second-order valence-electron chi connectivity index (χ2n) is 2.20. The molecular formula is C6H6FN2O3-. The van der Waals surface area contributed by atoms with E-state index in [1.54, 1.807) is 0 Å². The van der Waals surface area contributed by atoms with Crippen LogP contribution in [0.3, 0.4) is 0 Å². The Morgan fingerprint density at radius 1 is 1.75 bits per heavy atom. The predicted octanol–water partition coefficient (Wildman–Crippen LogP) is -1.06. The van der Waals surface area contributed by atoms with Crippen LogP contribution < -0.4 is 5.11 Å². The number of carbonyl (C=O) groups excluding carboxylic acids is 1. The molecule has 0 aliphatic rings. The quantitative estimate of drug-likeness (QED) is 0.609. The standard InChI is InChI=1S/C6H7FN2O3/c7-6-8-3(5(12)9-6)1-2-4(10)11/h12H,1-2H2,(H,8,9)(H,10,11)/p-1. The summed E-state index contributed by atoms with van der Waals surface area (Å²) in [7, 11) is 0. The molecule has 0 spiro atoms. The van der Waals surface area contributed by atoms with Crippen LogP contribution in [0.4, 0.5) is 4.39 Å². The highest BCUT2D eigenvalue weighted by Crippen LogP contribution is 2.13. The average Bonchev–Trinajstić information content (AvgIpc) is 2.26. The second kappa shape index (κ2) is 3.21. The topological polar surface area (TPSA) is 89.0 Å². The van der Waals surface area contributed by atoms with Crippen LogP contribution in [-0.2, 0) is 11.2 Å². The number of aromatic nitrogens is 2. The first-order chi connectivity index (χ1) is 5.59. The average molecular weight is 173 g/mol. The first kappa shape index (κ1) is 8.51. The molecule has 66 valence electrons. The molecule has 2 N–H and O–H groups in total. The summed E-state index contributed by atoms with van der Waals surface area (Å²) in [6.07, 6.45) is -1.24. The van der Waals surface area contributed by atoms with Crippen molar-refractivity contribution in [3.63, 3.8) is 0 Å². The number of imidazole rings is 1. The SMILES string of the molecule is O=C([O-])CCc1[nH]c(F)nc1O. The van der Waals surface area contributed by atoms with Crippen molar-refractivity contribution >= 4 is 5.97 Å². The third kappa shape index (κ3) is 1.94. The molecule has 1 heterocycles. The molecule has 0 bridgehead atoms. The summed E-state index contributed by atoms with van der Waals surface area (Å²) < 4.78 is 12.2. The monoisotopic (exact) mass is 173 g/mol. The minimum Gasteiger partial charge on any atom is -0.550 e. The maximum absolute atomic E-state index is 12.2. The lowest BCUT2D eigenvalue weighted by Gasteiger charge is -1.98. The van der Waals surface area contributed by atoms with Crippen LogP contribution in [0.5, 0.6) is 5.88 Å². The zero-order valence-electron chi connectivity index (χ0n) is 6.00. The zero-order chi connectivity index (χ0) is 9.14. The highest BCUT2D eigenvalue weighted by molar-refractivity contribution is 5.64. The number of aromatic hydroxyl groups is 1. The van der Waals surface area contributed by atoms with Gasteiger partial charge in [-0.25, -0.2) is 0 Å². The van der Waals surface area contributed by atoms with Crippen LogP contribution in [-0.4, -0.2) is 21.0 Å². The number of carboxylic acids is 1. The van der Waals surface area contributed by atoms with E-state index >= 15 is 0 Å². The van der Waals surface area contributed by atoms with Crippen LogP contribution in [0.25, 0.3) is 0 Å². The molecule has 6 heteroatoms. The number of carboxylic acid groups (broad SMARTS) is 1. The summed E-state index contributed by atoms with van der Waals surface area (Å²) in [5, 5.41) is 18.8. The molecule has 0 atom stereocenters. The minimum absolute atomic E-state index is 0.0227. The van der Waals surface area contributed by atoms with E-state index in [4.69, 9.17) is 5.11 Å². The highest BCUT2D eigenvalue weighted by atomic mass is 19.1. The van der Waals surface area contributed by atoms with Crippen molar-refractivity contribution in [3.05, 3.63) is 11.8 Å². The van der Waals surface area contributed by atoms with Gasteiger partial charge in [0.1, 0.15) is 0 Å². The molecule has 5 nitrogen and oxygen atoms in total. The van der Waals surface area contributed by atoms with Crippen LogP contribution in [0.2, 0.25) is 0 Å². The van der Waals surface area contributed by atoms with Gasteiger partial charge in [-0.05, 0) is 12.8 Å². The van der Waals surface area contributed by atoms with Crippen LogP contribution in [0.1, 0.15) is 12.1 Å². The number of rotatable bonds is 3. The smallest absolute Gasteiger partial charge is 0.290 e. The third-order valence-corrected chi connectivity index (χ3v) is 1.31. The zero-order valence-corrected chi connectivity index (χ0v) is 6.00. The maximum atomic E-state index is 12.2. The lowest BCUT2D eigenvalue weighted by Crippen LogP contribution is -2.22. The van der Waals surface area contributed by atoms with Gasteiger partial charge < -0.3 is 20.0 Å². The van der Waals surface area contributed by atoms with Gasteiger partial charge in [-0.15, -0.1) is 0 Å². The van der Waals surface area contributed by atoms with Crippen molar-refractivity contribution < 1.29 is 19.4 Å². The number of hydrogen-bond acceptors (Lipinski definition) is 4. The molecule has 1 aromatic rings. The summed E-state index contributed by atoms with van der Waals surface area (Å²) in [6, 6.07) is 0. The Kier molecular flexibility index (Phi) is 2.27. The fourth-order valence-electron chi connectivity index (χ4n) is 0.770. The number of aryl methyl sites for hydroxylation is 1. The van der Waals surface area contributed by atoms with Gasteiger partial charge in [-0.2, -0.15) is 9.37 Å². The highest BCUT2D eigenvalue weighted by Gasteiger charge is 2.07. The van der Waals surface area contributed by atoms with E-state index in [0.717, 1.165) is 0 Å². The van der Waals surface area contributed by atoms with E-state index in [0.29, 0.717) is 0 Å². The Morgan fingerprint density at radius 3 is 2.83 bits per heavy atom. The molecular weight excluding hydrogens is 167 g/mol. The first-order valence-corrected chi connectivity index (χ1v) is 3.23. The van der Waals surface area contributed by atoms with Crippen LogP contribution >= 0.6 is 0 Å². The van der Waals surface area contributed by atoms with Crippen molar-refractivity contribution in [3.8, 4) is 5.88 Å². The van der Waals surface area contributed by atoms with E-state index in [1.165, 1.54) is 0 Å². The Labute approximate surface area is 66.9 Å². The second-order valence-corrected chi connectivity index (χ2v) is 2.20. The summed E-state index contributed by atoms with van der Waals surface area (Å²) in [6.45, 7) is 0. The predicted molar refractivity (Wildman–Crippen MR) is 33.5 cm³/mol. The lowest BCUT2D eigenvalue weighted by molar-refractivity contribution is -0.305. The van der Waals surface area contributed by atoms with Crippen LogP contribution in [0, 0.1) is 6.08 Å². The van der Waals surface area contributed by atoms with Gasteiger partial charge >= 0.3 is 0 Å².